The first-order valence-corrected chi connectivity index (χ1v) is 7.31. The molecule has 20 heavy (non-hydrogen) atoms. The minimum atomic E-state index is -4.15. The highest BCUT2D eigenvalue weighted by molar-refractivity contribution is 7.89. The molecule has 0 radical (unpaired) electrons. The first-order chi connectivity index (χ1) is 9.54. The normalized spacial score (nSPS) is 13.1. The van der Waals surface area contributed by atoms with Gasteiger partial charge in [-0.2, -0.15) is 4.72 Å². The lowest BCUT2D eigenvalue weighted by Crippen LogP contribution is -2.32. The number of nitrogens with one attached hydrogen (secondary N) is 1. The number of rotatable bonds is 5. The predicted octanol–water partition coefficient (Wildman–Crippen LogP) is 1.23. The zero-order valence-corrected chi connectivity index (χ0v) is 11.2. The molecule has 0 saturated heterocycles. The van der Waals surface area contributed by atoms with Crippen molar-refractivity contribution >= 4 is 10.0 Å². The van der Waals surface area contributed by atoms with Gasteiger partial charge in [0.2, 0.25) is 5.03 Å². The highest BCUT2D eigenvalue weighted by Crippen LogP contribution is 2.17. The van der Waals surface area contributed by atoms with Crippen LogP contribution in [0, 0.1) is 5.82 Å². The molecule has 1 atom stereocenters. The number of pyridine rings is 1. The van der Waals surface area contributed by atoms with Gasteiger partial charge in [0.1, 0.15) is 0 Å². The van der Waals surface area contributed by atoms with E-state index in [9.17, 15) is 17.9 Å². The van der Waals surface area contributed by atoms with Crippen molar-refractivity contribution < 1.29 is 17.9 Å². The SMILES string of the molecule is O=S(=O)(N[C@@H](CO)c1ccccc1)c1ncccc1F. The maximum Gasteiger partial charge on any atom is 0.261 e. The van der Waals surface area contributed by atoms with Crippen LogP contribution in [0.15, 0.2) is 53.7 Å². The minimum Gasteiger partial charge on any atom is -0.394 e. The molecule has 7 heteroatoms. The summed E-state index contributed by atoms with van der Waals surface area (Å²) in [6.07, 6.45) is 1.19. The number of aromatic nitrogens is 1. The average molecular weight is 296 g/mol. The second kappa shape index (κ2) is 6.08. The molecule has 2 aromatic rings. The molecule has 2 N–H and O–H groups in total. The summed E-state index contributed by atoms with van der Waals surface area (Å²) >= 11 is 0. The summed E-state index contributed by atoms with van der Waals surface area (Å²) in [5.41, 5.74) is 0.579. The van der Waals surface area contributed by atoms with E-state index in [1.165, 1.54) is 12.3 Å². The van der Waals surface area contributed by atoms with Crippen molar-refractivity contribution in [3.8, 4) is 0 Å². The molecular formula is C13H13FN2O3S. The molecule has 1 heterocycles. The molecule has 0 aliphatic carbocycles. The van der Waals surface area contributed by atoms with Gasteiger partial charge >= 0.3 is 0 Å². The number of nitrogens with zero attached hydrogens (tertiary/aromatic N) is 1. The van der Waals surface area contributed by atoms with Crippen LogP contribution < -0.4 is 4.72 Å². The average Bonchev–Trinajstić information content (AvgIpc) is 2.46. The number of aliphatic hydroxyl groups is 1. The van der Waals surface area contributed by atoms with Crippen LogP contribution in [0.4, 0.5) is 4.39 Å². The Kier molecular flexibility index (Phi) is 4.43. The Labute approximate surface area is 116 Å². The molecule has 0 amide bonds. The van der Waals surface area contributed by atoms with Crippen molar-refractivity contribution in [2.45, 2.75) is 11.1 Å². The third-order valence-corrected chi connectivity index (χ3v) is 4.07. The second-order valence-corrected chi connectivity index (χ2v) is 5.69. The summed E-state index contributed by atoms with van der Waals surface area (Å²) in [7, 11) is -4.15. The van der Waals surface area contributed by atoms with Gasteiger partial charge in [-0.25, -0.2) is 17.8 Å². The molecule has 0 unspecified atom stereocenters. The molecule has 0 aliphatic rings. The number of halogens is 1. The van der Waals surface area contributed by atoms with Crippen LogP contribution in [0.25, 0.3) is 0 Å². The van der Waals surface area contributed by atoms with Gasteiger partial charge in [0.25, 0.3) is 10.0 Å². The van der Waals surface area contributed by atoms with E-state index in [0.29, 0.717) is 5.56 Å². The van der Waals surface area contributed by atoms with Crippen molar-refractivity contribution in [1.29, 1.82) is 0 Å². The highest BCUT2D eigenvalue weighted by Gasteiger charge is 2.24. The Bertz CT molecular complexity index is 677. The van der Waals surface area contributed by atoms with E-state index in [4.69, 9.17) is 0 Å². The van der Waals surface area contributed by atoms with E-state index in [-0.39, 0.29) is 0 Å². The van der Waals surface area contributed by atoms with Gasteiger partial charge in [0.15, 0.2) is 5.82 Å². The van der Waals surface area contributed by atoms with Gasteiger partial charge in [0.05, 0.1) is 12.6 Å². The number of aliphatic hydroxyl groups excluding tert-OH is 1. The predicted molar refractivity (Wildman–Crippen MR) is 70.8 cm³/mol. The lowest BCUT2D eigenvalue weighted by molar-refractivity contribution is 0.258. The van der Waals surface area contributed by atoms with Gasteiger partial charge in [-0.15, -0.1) is 0 Å². The number of hydrogen-bond donors (Lipinski definition) is 2. The number of benzene rings is 1. The Hall–Kier alpha value is -1.83. The number of sulfonamides is 1. The fourth-order valence-electron chi connectivity index (χ4n) is 1.71. The van der Waals surface area contributed by atoms with Crippen LogP contribution in [-0.4, -0.2) is 25.1 Å². The van der Waals surface area contributed by atoms with E-state index in [1.807, 2.05) is 0 Å². The summed E-state index contributed by atoms with van der Waals surface area (Å²) in [6, 6.07) is 9.98. The maximum absolute atomic E-state index is 13.5. The lowest BCUT2D eigenvalue weighted by Gasteiger charge is -2.16. The topological polar surface area (TPSA) is 79.3 Å². The third-order valence-electron chi connectivity index (χ3n) is 2.66. The van der Waals surface area contributed by atoms with Crippen LogP contribution in [0.2, 0.25) is 0 Å². The molecule has 0 spiro atoms. The fraction of sp³-hybridized carbons (Fsp3) is 0.154. The Balaban J connectivity index is 2.30. The molecule has 1 aromatic heterocycles. The van der Waals surface area contributed by atoms with Gasteiger partial charge in [0, 0.05) is 6.20 Å². The van der Waals surface area contributed by atoms with E-state index < -0.39 is 33.5 Å². The second-order valence-electron chi connectivity index (χ2n) is 4.06. The minimum absolute atomic E-state index is 0.447. The van der Waals surface area contributed by atoms with Crippen LogP contribution in [0.3, 0.4) is 0 Å². The largest absolute Gasteiger partial charge is 0.394 e. The van der Waals surface area contributed by atoms with Gasteiger partial charge in [-0.3, -0.25) is 0 Å². The maximum atomic E-state index is 13.5. The summed E-state index contributed by atoms with van der Waals surface area (Å²) in [4.78, 5) is 3.52. The zero-order valence-electron chi connectivity index (χ0n) is 10.4. The summed E-state index contributed by atoms with van der Waals surface area (Å²) in [6.45, 7) is -0.447. The van der Waals surface area contributed by atoms with E-state index in [1.54, 1.807) is 30.3 Å². The highest BCUT2D eigenvalue weighted by atomic mass is 32.2. The molecule has 2 rings (SSSR count). The molecule has 0 fully saturated rings. The van der Waals surface area contributed by atoms with Crippen molar-refractivity contribution in [1.82, 2.24) is 9.71 Å². The Morgan fingerprint density at radius 3 is 2.50 bits per heavy atom. The molecule has 1 aromatic carbocycles. The van der Waals surface area contributed by atoms with E-state index in [2.05, 4.69) is 9.71 Å². The van der Waals surface area contributed by atoms with Crippen molar-refractivity contribution in [2.24, 2.45) is 0 Å². The standard InChI is InChI=1S/C13H13FN2O3S/c14-11-7-4-8-15-13(11)20(18,19)16-12(9-17)10-5-2-1-3-6-10/h1-8,12,16-17H,9H2/t12-/m0/s1. The molecule has 5 nitrogen and oxygen atoms in total. The summed E-state index contributed by atoms with van der Waals surface area (Å²) in [5, 5.41) is 8.63. The summed E-state index contributed by atoms with van der Waals surface area (Å²) < 4.78 is 39.9. The van der Waals surface area contributed by atoms with Gasteiger partial charge in [-0.05, 0) is 17.7 Å². The quantitative estimate of drug-likeness (QED) is 0.870. The summed E-state index contributed by atoms with van der Waals surface area (Å²) in [5.74, 6) is -0.940. The first kappa shape index (κ1) is 14.6. The molecular weight excluding hydrogens is 283 g/mol. The smallest absolute Gasteiger partial charge is 0.261 e. The van der Waals surface area contributed by atoms with E-state index in [0.717, 1.165) is 6.07 Å². The van der Waals surface area contributed by atoms with E-state index >= 15 is 0 Å². The van der Waals surface area contributed by atoms with Crippen molar-refractivity contribution in [2.75, 3.05) is 6.61 Å². The van der Waals surface area contributed by atoms with Gasteiger partial charge in [-0.1, -0.05) is 30.3 Å². The third kappa shape index (κ3) is 3.19. The first-order valence-electron chi connectivity index (χ1n) is 5.83. The fourth-order valence-corrected chi connectivity index (χ4v) is 2.93. The zero-order chi connectivity index (χ0) is 14.6. The molecule has 0 saturated carbocycles. The van der Waals surface area contributed by atoms with Crippen molar-refractivity contribution in [3.63, 3.8) is 0 Å². The van der Waals surface area contributed by atoms with Crippen molar-refractivity contribution in [3.05, 3.63) is 60.0 Å². The van der Waals surface area contributed by atoms with Crippen LogP contribution in [0.5, 0.6) is 0 Å². The molecule has 0 aliphatic heterocycles. The van der Waals surface area contributed by atoms with Crippen LogP contribution >= 0.6 is 0 Å². The van der Waals surface area contributed by atoms with Crippen LogP contribution in [-0.2, 0) is 10.0 Å². The molecule has 106 valence electrons. The number of hydrogen-bond acceptors (Lipinski definition) is 4. The lowest BCUT2D eigenvalue weighted by atomic mass is 10.1. The van der Waals surface area contributed by atoms with Gasteiger partial charge < -0.3 is 5.11 Å². The molecule has 0 bridgehead atoms. The van der Waals surface area contributed by atoms with Crippen LogP contribution in [0.1, 0.15) is 11.6 Å². The Morgan fingerprint density at radius 2 is 1.90 bits per heavy atom. The Morgan fingerprint density at radius 1 is 1.20 bits per heavy atom. The monoisotopic (exact) mass is 296 g/mol.